The summed E-state index contributed by atoms with van der Waals surface area (Å²) in [6.07, 6.45) is 5.23. The molecule has 28 heavy (non-hydrogen) atoms. The van der Waals surface area contributed by atoms with Gasteiger partial charge in [0.2, 0.25) is 10.0 Å². The molecular weight excluding hydrogens is 420 g/mol. The number of aryl methyl sites for hydroxylation is 1. The van der Waals surface area contributed by atoms with E-state index in [4.69, 9.17) is 0 Å². The van der Waals surface area contributed by atoms with Crippen molar-refractivity contribution >= 4 is 50.1 Å². The Kier molecular flexibility index (Phi) is 5.19. The number of nitrogens with zero attached hydrogens (tertiary/aromatic N) is 3. The lowest BCUT2D eigenvalue weighted by molar-refractivity contribution is -0.441. The number of thioether (sulfide) groups is 1. The molecule has 0 saturated heterocycles. The zero-order valence-corrected chi connectivity index (χ0v) is 18.0. The van der Waals surface area contributed by atoms with Crippen LogP contribution >= 0.6 is 23.1 Å². The Hall–Kier alpha value is -1.56. The number of nitrogens with one attached hydrogen (secondary N) is 1. The van der Waals surface area contributed by atoms with Crippen LogP contribution < -0.4 is 4.72 Å². The van der Waals surface area contributed by atoms with E-state index in [2.05, 4.69) is 9.71 Å². The minimum Gasteiger partial charge on any atom is -0.250 e. The largest absolute Gasteiger partial charge is 0.501 e. The molecule has 1 aromatic heterocycles. The third-order valence-corrected chi connectivity index (χ3v) is 8.91. The molecule has 2 aliphatic heterocycles. The number of amides is 3. The van der Waals surface area contributed by atoms with Crippen LogP contribution in [0.3, 0.4) is 0 Å². The van der Waals surface area contributed by atoms with Crippen molar-refractivity contribution in [2.75, 3.05) is 13.1 Å². The summed E-state index contributed by atoms with van der Waals surface area (Å²) in [6.45, 7) is 4.50. The van der Waals surface area contributed by atoms with Crippen molar-refractivity contribution in [3.63, 3.8) is 0 Å². The van der Waals surface area contributed by atoms with Crippen LogP contribution in [0.1, 0.15) is 29.7 Å². The fourth-order valence-corrected chi connectivity index (χ4v) is 6.68. The molecule has 11 heteroatoms. The highest BCUT2D eigenvalue weighted by molar-refractivity contribution is 8.27. The molecule has 0 spiro atoms. The lowest BCUT2D eigenvalue weighted by Crippen LogP contribution is -2.52. The highest BCUT2D eigenvalue weighted by Crippen LogP contribution is 2.40. The second kappa shape index (κ2) is 7.36. The number of carbonyl (C=O) groups excluding carboxylic acids is 2. The van der Waals surface area contributed by atoms with E-state index in [-0.39, 0.29) is 29.3 Å². The molecule has 1 aromatic rings. The number of imide groups is 1. The molecule has 0 radical (unpaired) electrons. The number of hydrogen-bond donors (Lipinski definition) is 1. The van der Waals surface area contributed by atoms with Gasteiger partial charge in [0.25, 0.3) is 0 Å². The lowest BCUT2D eigenvalue weighted by atomic mass is 10.1. The minimum absolute atomic E-state index is 0.0896. The number of fused-ring (bicyclic) bond motifs is 1. The second-order valence-electron chi connectivity index (χ2n) is 7.01. The van der Waals surface area contributed by atoms with Crippen molar-refractivity contribution in [2.24, 2.45) is 11.8 Å². The Morgan fingerprint density at radius 1 is 1.36 bits per heavy atom. The predicted molar refractivity (Wildman–Crippen MR) is 107 cm³/mol. The fourth-order valence-electron chi connectivity index (χ4n) is 3.22. The molecule has 150 valence electrons. The van der Waals surface area contributed by atoms with Crippen LogP contribution in [-0.2, 0) is 21.4 Å². The SMILES string of the molecule is CCNS(=O)(=O)C1=CC2C(=O)N(Cc3cnc(C)s3)C(=O)[N+](CC3CC3)=C2S1. The first-order valence-electron chi connectivity index (χ1n) is 9.10. The van der Waals surface area contributed by atoms with Gasteiger partial charge in [-0.3, -0.25) is 0 Å². The van der Waals surface area contributed by atoms with Crippen LogP contribution in [0.2, 0.25) is 0 Å². The lowest BCUT2D eigenvalue weighted by Gasteiger charge is -2.23. The topological polar surface area (TPSA) is 99.5 Å². The first kappa shape index (κ1) is 19.7. The Bertz CT molecular complexity index is 1010. The smallest absolute Gasteiger partial charge is 0.250 e. The monoisotopic (exact) mass is 441 g/mol. The van der Waals surface area contributed by atoms with Crippen molar-refractivity contribution in [2.45, 2.75) is 33.2 Å². The molecule has 1 unspecified atom stereocenters. The standard InChI is InChI=1S/C17H21N4O4S3/c1-3-19-28(24,25)14-6-13-15(22)20(9-12-7-18-10(2)26-12)17(23)21(16(13)27-14)8-11-4-5-11/h6-7,11,13,19H,3-5,8-9H2,1-2H3/q+1. The van der Waals surface area contributed by atoms with Gasteiger partial charge >= 0.3 is 11.9 Å². The highest BCUT2D eigenvalue weighted by atomic mass is 32.3. The van der Waals surface area contributed by atoms with Crippen molar-refractivity contribution in [3.8, 4) is 0 Å². The van der Waals surface area contributed by atoms with Crippen molar-refractivity contribution in [1.29, 1.82) is 0 Å². The number of thiazole rings is 1. The van der Waals surface area contributed by atoms with Crippen LogP contribution in [0.4, 0.5) is 4.79 Å². The van der Waals surface area contributed by atoms with Gasteiger partial charge in [-0.1, -0.05) is 6.92 Å². The van der Waals surface area contributed by atoms with Crippen LogP contribution in [0.25, 0.3) is 0 Å². The van der Waals surface area contributed by atoms with Gasteiger partial charge in [-0.2, -0.15) is 14.3 Å². The van der Waals surface area contributed by atoms with Gasteiger partial charge in [0, 0.05) is 12.7 Å². The van der Waals surface area contributed by atoms with Gasteiger partial charge in [0.15, 0.2) is 5.04 Å². The van der Waals surface area contributed by atoms with Gasteiger partial charge in [-0.05, 0) is 43.5 Å². The van der Waals surface area contributed by atoms with Crippen LogP contribution in [-0.4, -0.2) is 52.9 Å². The number of hydrogen-bond acceptors (Lipinski definition) is 7. The van der Waals surface area contributed by atoms with Gasteiger partial charge in [-0.25, -0.2) is 22.9 Å². The number of carbonyl (C=O) groups is 2. The third kappa shape index (κ3) is 3.68. The number of urea groups is 1. The van der Waals surface area contributed by atoms with Crippen molar-refractivity contribution in [3.05, 3.63) is 26.4 Å². The van der Waals surface area contributed by atoms with E-state index in [9.17, 15) is 18.0 Å². The summed E-state index contributed by atoms with van der Waals surface area (Å²) in [7, 11) is -3.68. The molecule has 4 rings (SSSR count). The average Bonchev–Trinajstić information content (AvgIpc) is 3.17. The second-order valence-corrected chi connectivity index (χ2v) is 11.4. The van der Waals surface area contributed by atoms with E-state index in [1.807, 2.05) is 6.92 Å². The van der Waals surface area contributed by atoms with Crippen LogP contribution in [0, 0.1) is 18.8 Å². The van der Waals surface area contributed by atoms with E-state index in [1.54, 1.807) is 17.7 Å². The van der Waals surface area contributed by atoms with Crippen LogP contribution in [0.5, 0.6) is 0 Å². The van der Waals surface area contributed by atoms with Gasteiger partial charge < -0.3 is 0 Å². The zero-order chi connectivity index (χ0) is 20.1. The molecular formula is C17H21N4O4S3+. The third-order valence-electron chi connectivity index (χ3n) is 4.75. The maximum Gasteiger partial charge on any atom is 0.501 e. The summed E-state index contributed by atoms with van der Waals surface area (Å²) < 4.78 is 29.0. The number of rotatable bonds is 7. The first-order valence-corrected chi connectivity index (χ1v) is 12.2. The summed E-state index contributed by atoms with van der Waals surface area (Å²) >= 11 is 2.46. The predicted octanol–water partition coefficient (Wildman–Crippen LogP) is 1.88. The average molecular weight is 442 g/mol. The number of aromatic nitrogens is 1. The summed E-state index contributed by atoms with van der Waals surface area (Å²) in [5.74, 6) is -0.709. The van der Waals surface area contributed by atoms with E-state index in [1.165, 1.54) is 22.3 Å². The molecule has 1 aliphatic carbocycles. The molecule has 1 N–H and O–H groups in total. The van der Waals surface area contributed by atoms with Crippen molar-refractivity contribution in [1.82, 2.24) is 14.6 Å². The molecule has 3 heterocycles. The number of sulfonamides is 1. The molecule has 0 aromatic carbocycles. The van der Waals surface area contributed by atoms with E-state index >= 15 is 0 Å². The Labute approximate surface area is 171 Å². The summed E-state index contributed by atoms with van der Waals surface area (Å²) in [5, 5.41) is 1.37. The normalized spacial score (nSPS) is 22.7. The maximum atomic E-state index is 13.1. The Morgan fingerprint density at radius 3 is 2.71 bits per heavy atom. The molecule has 8 nitrogen and oxygen atoms in total. The molecule has 1 atom stereocenters. The van der Waals surface area contributed by atoms with Gasteiger partial charge in [-0.15, -0.1) is 11.3 Å². The van der Waals surface area contributed by atoms with Gasteiger partial charge in [0.1, 0.15) is 16.7 Å². The van der Waals surface area contributed by atoms with Crippen molar-refractivity contribution < 1.29 is 22.6 Å². The maximum absolute atomic E-state index is 13.1. The van der Waals surface area contributed by atoms with E-state index in [0.29, 0.717) is 17.5 Å². The summed E-state index contributed by atoms with van der Waals surface area (Å²) in [6, 6.07) is -0.378. The Morgan fingerprint density at radius 2 is 2.11 bits per heavy atom. The quantitative estimate of drug-likeness (QED) is 0.649. The minimum atomic E-state index is -3.68. The van der Waals surface area contributed by atoms with E-state index < -0.39 is 15.9 Å². The zero-order valence-electron chi connectivity index (χ0n) is 15.5. The molecule has 3 amide bonds. The summed E-state index contributed by atoms with van der Waals surface area (Å²) in [4.78, 5) is 32.4. The molecule has 1 saturated carbocycles. The fraction of sp³-hybridized carbons (Fsp3) is 0.529. The van der Waals surface area contributed by atoms with E-state index in [0.717, 1.165) is 34.5 Å². The highest BCUT2D eigenvalue weighted by Gasteiger charge is 2.52. The summed E-state index contributed by atoms with van der Waals surface area (Å²) in [5.41, 5.74) is 0. The van der Waals surface area contributed by atoms with Gasteiger partial charge in [0.05, 0.1) is 16.4 Å². The Balaban J connectivity index is 1.70. The first-order chi connectivity index (χ1) is 13.3. The molecule has 0 bridgehead atoms. The molecule has 3 aliphatic rings. The molecule has 1 fully saturated rings. The van der Waals surface area contributed by atoms with Crippen LogP contribution in [0.15, 0.2) is 16.5 Å².